The van der Waals surface area contributed by atoms with Crippen molar-refractivity contribution in [2.75, 3.05) is 11.5 Å². The zero-order valence-corrected chi connectivity index (χ0v) is 11.5. The highest BCUT2D eigenvalue weighted by Crippen LogP contribution is 2.26. The van der Waals surface area contributed by atoms with Gasteiger partial charge in [-0.25, -0.2) is 13.6 Å². The Labute approximate surface area is 107 Å². The molecule has 0 spiro atoms. The summed E-state index contributed by atoms with van der Waals surface area (Å²) >= 11 is 1.68. The Morgan fingerprint density at radius 2 is 2.00 bits per heavy atom. The van der Waals surface area contributed by atoms with Crippen LogP contribution in [0, 0.1) is 0 Å². The van der Waals surface area contributed by atoms with E-state index >= 15 is 0 Å². The minimum absolute atomic E-state index is 0.00425. The third-order valence-corrected chi connectivity index (χ3v) is 4.37. The zero-order valence-electron chi connectivity index (χ0n) is 9.85. The molecule has 0 heterocycles. The molecular weight excluding hydrogens is 256 g/mol. The van der Waals surface area contributed by atoms with Gasteiger partial charge in [-0.2, -0.15) is 0 Å². The monoisotopic (exact) mass is 274 g/mol. The summed E-state index contributed by atoms with van der Waals surface area (Å²) in [4.78, 5) is 0.974. The van der Waals surface area contributed by atoms with Gasteiger partial charge in [0, 0.05) is 4.90 Å². The van der Waals surface area contributed by atoms with Crippen LogP contribution in [0.4, 0.5) is 5.69 Å². The highest BCUT2D eigenvalue weighted by Gasteiger charge is 2.12. The second-order valence-corrected chi connectivity index (χ2v) is 6.50. The summed E-state index contributed by atoms with van der Waals surface area (Å²) in [5.74, 6) is 1.02. The van der Waals surface area contributed by atoms with Crippen LogP contribution < -0.4 is 10.9 Å². The molecule has 4 nitrogen and oxygen atoms in total. The van der Waals surface area contributed by atoms with Gasteiger partial charge in [0.1, 0.15) is 4.90 Å². The van der Waals surface area contributed by atoms with Crippen molar-refractivity contribution in [2.24, 2.45) is 5.14 Å². The first-order valence-electron chi connectivity index (χ1n) is 5.50. The molecule has 0 bridgehead atoms. The summed E-state index contributed by atoms with van der Waals surface area (Å²) in [6, 6.07) is 4.87. The van der Waals surface area contributed by atoms with Gasteiger partial charge in [-0.3, -0.25) is 0 Å². The Balaban J connectivity index is 2.70. The van der Waals surface area contributed by atoms with Crippen LogP contribution in [0.25, 0.3) is 0 Å². The Bertz CT molecular complexity index is 472. The van der Waals surface area contributed by atoms with E-state index in [9.17, 15) is 8.42 Å². The molecule has 1 aromatic carbocycles. The number of nitrogens with two attached hydrogens (primary N) is 2. The number of rotatable bonds is 6. The predicted octanol–water partition coefficient (Wildman–Crippen LogP) is 2.20. The van der Waals surface area contributed by atoms with Crippen molar-refractivity contribution >= 4 is 27.5 Å². The molecule has 0 atom stereocenters. The van der Waals surface area contributed by atoms with Crippen molar-refractivity contribution in [3.63, 3.8) is 0 Å². The van der Waals surface area contributed by atoms with E-state index in [4.69, 9.17) is 10.9 Å². The van der Waals surface area contributed by atoms with E-state index in [1.165, 1.54) is 18.9 Å². The fourth-order valence-corrected chi connectivity index (χ4v) is 3.02. The van der Waals surface area contributed by atoms with Crippen LogP contribution in [-0.2, 0) is 10.0 Å². The molecule has 0 radical (unpaired) electrons. The van der Waals surface area contributed by atoms with Crippen LogP contribution in [0.5, 0.6) is 0 Å². The van der Waals surface area contributed by atoms with Crippen LogP contribution in [0.3, 0.4) is 0 Å². The lowest BCUT2D eigenvalue weighted by molar-refractivity contribution is 0.598. The van der Waals surface area contributed by atoms with Crippen molar-refractivity contribution in [3.05, 3.63) is 18.2 Å². The molecule has 17 heavy (non-hydrogen) atoms. The maximum absolute atomic E-state index is 11.2. The molecule has 0 aliphatic rings. The fourth-order valence-electron chi connectivity index (χ4n) is 1.42. The van der Waals surface area contributed by atoms with Crippen molar-refractivity contribution in [2.45, 2.75) is 36.0 Å². The fraction of sp³-hybridized carbons (Fsp3) is 0.455. The summed E-state index contributed by atoms with van der Waals surface area (Å²) in [5, 5.41) is 5.03. The number of hydrogen-bond donors (Lipinski definition) is 2. The lowest BCUT2D eigenvalue weighted by atomic mass is 10.3. The molecule has 4 N–H and O–H groups in total. The van der Waals surface area contributed by atoms with Gasteiger partial charge in [-0.15, -0.1) is 11.8 Å². The average molecular weight is 274 g/mol. The van der Waals surface area contributed by atoms with E-state index in [1.807, 2.05) is 0 Å². The molecule has 0 aromatic heterocycles. The first kappa shape index (κ1) is 14.3. The molecule has 0 saturated carbocycles. The van der Waals surface area contributed by atoms with Crippen LogP contribution in [-0.4, -0.2) is 14.2 Å². The van der Waals surface area contributed by atoms with Gasteiger partial charge in [0.2, 0.25) is 10.0 Å². The molecule has 6 heteroatoms. The Hall–Kier alpha value is -0.720. The van der Waals surface area contributed by atoms with E-state index in [0.29, 0.717) is 0 Å². The number of sulfonamides is 1. The van der Waals surface area contributed by atoms with Crippen molar-refractivity contribution in [1.29, 1.82) is 0 Å². The Morgan fingerprint density at radius 1 is 1.29 bits per heavy atom. The van der Waals surface area contributed by atoms with Crippen LogP contribution in [0.15, 0.2) is 28.0 Å². The number of anilines is 1. The maximum atomic E-state index is 11.2. The van der Waals surface area contributed by atoms with Gasteiger partial charge in [-0.1, -0.05) is 19.8 Å². The molecule has 0 amide bonds. The summed E-state index contributed by atoms with van der Waals surface area (Å²) in [6.45, 7) is 2.16. The second-order valence-electron chi connectivity index (χ2n) is 3.80. The van der Waals surface area contributed by atoms with Crippen molar-refractivity contribution in [3.8, 4) is 0 Å². The first-order valence-corrected chi connectivity index (χ1v) is 8.03. The van der Waals surface area contributed by atoms with Gasteiger partial charge in [0.05, 0.1) is 5.69 Å². The highest BCUT2D eigenvalue weighted by molar-refractivity contribution is 7.99. The lowest BCUT2D eigenvalue weighted by Crippen LogP contribution is -2.14. The number of nitrogen functional groups attached to an aromatic ring is 1. The van der Waals surface area contributed by atoms with E-state index in [2.05, 4.69) is 6.92 Å². The smallest absolute Gasteiger partial charge is 0.240 e. The standard InChI is InChI=1S/C11H18N2O2S2/c1-2-3-4-7-16-9-5-6-11(10(12)8-9)17(13,14)15/h5-6,8H,2-4,7,12H2,1H3,(H2,13,14,15). The van der Waals surface area contributed by atoms with Crippen LogP contribution in [0.1, 0.15) is 26.2 Å². The van der Waals surface area contributed by atoms with Gasteiger partial charge in [-0.05, 0) is 30.4 Å². The quantitative estimate of drug-likeness (QED) is 0.473. The van der Waals surface area contributed by atoms with Crippen molar-refractivity contribution in [1.82, 2.24) is 0 Å². The summed E-state index contributed by atoms with van der Waals surface area (Å²) in [5.41, 5.74) is 5.88. The van der Waals surface area contributed by atoms with Gasteiger partial charge >= 0.3 is 0 Å². The number of unbranched alkanes of at least 4 members (excludes halogenated alkanes) is 2. The van der Waals surface area contributed by atoms with E-state index in [-0.39, 0.29) is 10.6 Å². The van der Waals surface area contributed by atoms with Crippen LogP contribution >= 0.6 is 11.8 Å². The molecule has 96 valence electrons. The zero-order chi connectivity index (χ0) is 12.9. The molecule has 0 fully saturated rings. The van der Waals surface area contributed by atoms with Gasteiger partial charge < -0.3 is 5.73 Å². The van der Waals surface area contributed by atoms with Gasteiger partial charge in [0.25, 0.3) is 0 Å². The molecule has 1 aromatic rings. The number of thioether (sulfide) groups is 1. The molecule has 0 saturated heterocycles. The highest BCUT2D eigenvalue weighted by atomic mass is 32.2. The summed E-state index contributed by atoms with van der Waals surface area (Å²) in [6.07, 6.45) is 3.54. The molecule has 1 rings (SSSR count). The minimum Gasteiger partial charge on any atom is -0.398 e. The largest absolute Gasteiger partial charge is 0.398 e. The topological polar surface area (TPSA) is 86.2 Å². The number of benzene rings is 1. The summed E-state index contributed by atoms with van der Waals surface area (Å²) < 4.78 is 22.3. The maximum Gasteiger partial charge on any atom is 0.240 e. The van der Waals surface area contributed by atoms with E-state index < -0.39 is 10.0 Å². The van der Waals surface area contributed by atoms with E-state index in [1.54, 1.807) is 23.9 Å². The predicted molar refractivity (Wildman–Crippen MR) is 72.5 cm³/mol. The molecule has 0 aliphatic carbocycles. The van der Waals surface area contributed by atoms with Crippen LogP contribution in [0.2, 0.25) is 0 Å². The van der Waals surface area contributed by atoms with Gasteiger partial charge in [0.15, 0.2) is 0 Å². The molecular formula is C11H18N2O2S2. The Kier molecular flexibility index (Phi) is 5.30. The normalized spacial score (nSPS) is 11.6. The number of hydrogen-bond acceptors (Lipinski definition) is 4. The minimum atomic E-state index is -3.71. The van der Waals surface area contributed by atoms with E-state index in [0.717, 1.165) is 17.1 Å². The third kappa shape index (κ3) is 4.57. The van der Waals surface area contributed by atoms with Crippen molar-refractivity contribution < 1.29 is 8.42 Å². The third-order valence-electron chi connectivity index (χ3n) is 2.30. The summed E-state index contributed by atoms with van der Waals surface area (Å²) in [7, 11) is -3.71. The Morgan fingerprint density at radius 3 is 2.53 bits per heavy atom. The SMILES string of the molecule is CCCCCSc1ccc(S(N)(=O)=O)c(N)c1. The number of primary sulfonamides is 1. The second kappa shape index (κ2) is 6.28. The average Bonchev–Trinajstić information content (AvgIpc) is 2.23. The molecule has 0 aliphatic heterocycles. The lowest BCUT2D eigenvalue weighted by Gasteiger charge is -2.06. The molecule has 0 unspecified atom stereocenters. The first-order chi connectivity index (χ1) is 7.95.